The second kappa shape index (κ2) is 8.42. The molecule has 74 valence electrons. The van der Waals surface area contributed by atoms with E-state index in [1.807, 2.05) is 0 Å². The molecular weight excluding hydrogens is 207 g/mol. The Hall–Kier alpha value is 1.11. The van der Waals surface area contributed by atoms with Crippen LogP contribution in [0, 0.1) is 0 Å². The van der Waals surface area contributed by atoms with Gasteiger partial charge in [-0.1, -0.05) is 0 Å². The van der Waals surface area contributed by atoms with E-state index in [-0.39, 0.29) is 57.7 Å². The van der Waals surface area contributed by atoms with Crippen LogP contribution in [-0.4, -0.2) is 114 Å². The van der Waals surface area contributed by atoms with Crippen LogP contribution in [0.25, 0.3) is 0 Å². The standard InChI is InChI=1S/C6H12O6.K.H/c7-1-3(9)5(11)6(12)4(10)2-8;;/h1,3-6,8-12H,2H2;;/t3-,4+,5+,6+;;/m0../s1. The van der Waals surface area contributed by atoms with Crippen molar-refractivity contribution in [2.75, 3.05) is 6.61 Å². The van der Waals surface area contributed by atoms with E-state index in [0.717, 1.165) is 0 Å². The van der Waals surface area contributed by atoms with E-state index in [0.29, 0.717) is 0 Å². The molecule has 0 saturated heterocycles. The van der Waals surface area contributed by atoms with Gasteiger partial charge in [-0.25, -0.2) is 0 Å². The molecule has 4 atom stereocenters. The van der Waals surface area contributed by atoms with Crippen molar-refractivity contribution in [2.24, 2.45) is 0 Å². The molecule has 0 fully saturated rings. The van der Waals surface area contributed by atoms with Crippen LogP contribution in [0.1, 0.15) is 0 Å². The van der Waals surface area contributed by atoms with Gasteiger partial charge in [-0.15, -0.1) is 0 Å². The monoisotopic (exact) mass is 220 g/mol. The summed E-state index contributed by atoms with van der Waals surface area (Å²) in [5.74, 6) is 0. The Labute approximate surface area is 118 Å². The first kappa shape index (κ1) is 16.5. The van der Waals surface area contributed by atoms with Crippen LogP contribution in [0.5, 0.6) is 0 Å². The first-order valence-electron chi connectivity index (χ1n) is 3.33. The van der Waals surface area contributed by atoms with Crippen LogP contribution in [0.3, 0.4) is 0 Å². The number of rotatable bonds is 5. The summed E-state index contributed by atoms with van der Waals surface area (Å²) >= 11 is 0. The molecular formula is C6H13KO6. The second-order valence-electron chi connectivity index (χ2n) is 2.36. The van der Waals surface area contributed by atoms with Crippen molar-refractivity contribution in [3.8, 4) is 0 Å². The Morgan fingerprint density at radius 1 is 1.08 bits per heavy atom. The maximum absolute atomic E-state index is 9.90. The zero-order valence-corrected chi connectivity index (χ0v) is 6.24. The molecule has 0 aliphatic carbocycles. The van der Waals surface area contributed by atoms with Gasteiger partial charge in [-0.2, -0.15) is 0 Å². The van der Waals surface area contributed by atoms with Crippen LogP contribution >= 0.6 is 0 Å². The van der Waals surface area contributed by atoms with Crippen LogP contribution in [0.2, 0.25) is 0 Å². The summed E-state index contributed by atoms with van der Waals surface area (Å²) in [4.78, 5) is 9.90. The molecule has 0 unspecified atom stereocenters. The molecule has 0 aliphatic heterocycles. The molecule has 13 heavy (non-hydrogen) atoms. The number of hydrogen-bond donors (Lipinski definition) is 5. The molecule has 0 radical (unpaired) electrons. The average Bonchev–Trinajstić information content (AvgIpc) is 2.12. The molecule has 0 saturated carbocycles. The first-order valence-corrected chi connectivity index (χ1v) is 3.33. The molecule has 0 aliphatic rings. The third-order valence-corrected chi connectivity index (χ3v) is 1.42. The van der Waals surface area contributed by atoms with Gasteiger partial charge < -0.3 is 30.3 Å². The topological polar surface area (TPSA) is 118 Å². The number of carbonyl (C=O) groups is 1. The molecule has 6 nitrogen and oxygen atoms in total. The van der Waals surface area contributed by atoms with E-state index in [2.05, 4.69) is 0 Å². The summed E-state index contributed by atoms with van der Waals surface area (Å²) in [7, 11) is 0. The zero-order chi connectivity index (χ0) is 9.72. The van der Waals surface area contributed by atoms with Gasteiger partial charge in [0.1, 0.15) is 24.4 Å². The third-order valence-electron chi connectivity index (χ3n) is 1.42. The van der Waals surface area contributed by atoms with Crippen molar-refractivity contribution in [3.05, 3.63) is 0 Å². The number of hydrogen-bond acceptors (Lipinski definition) is 6. The van der Waals surface area contributed by atoms with Gasteiger partial charge in [0, 0.05) is 0 Å². The van der Waals surface area contributed by atoms with Gasteiger partial charge in [0.05, 0.1) is 6.61 Å². The summed E-state index contributed by atoms with van der Waals surface area (Å²) in [6.45, 7) is -0.760. The second-order valence-corrected chi connectivity index (χ2v) is 2.36. The molecule has 0 heterocycles. The van der Waals surface area contributed by atoms with Crippen molar-refractivity contribution in [1.82, 2.24) is 0 Å². The van der Waals surface area contributed by atoms with E-state index in [1.165, 1.54) is 0 Å². The van der Waals surface area contributed by atoms with Crippen LogP contribution in [0.4, 0.5) is 0 Å². The fraction of sp³-hybridized carbons (Fsp3) is 0.833. The van der Waals surface area contributed by atoms with Gasteiger partial charge in [-0.05, 0) is 0 Å². The summed E-state index contributed by atoms with van der Waals surface area (Å²) < 4.78 is 0. The molecule has 7 heteroatoms. The fourth-order valence-electron chi connectivity index (χ4n) is 0.618. The van der Waals surface area contributed by atoms with E-state index >= 15 is 0 Å². The number of aliphatic hydroxyl groups is 5. The fourth-order valence-corrected chi connectivity index (χ4v) is 0.618. The van der Waals surface area contributed by atoms with Gasteiger partial charge in [0.15, 0.2) is 6.29 Å². The van der Waals surface area contributed by atoms with Crippen molar-refractivity contribution >= 4 is 57.7 Å². The molecule has 0 spiro atoms. The number of aldehydes is 1. The van der Waals surface area contributed by atoms with Crippen molar-refractivity contribution < 1.29 is 30.3 Å². The molecule has 0 aromatic heterocycles. The van der Waals surface area contributed by atoms with Crippen LogP contribution in [-0.2, 0) is 4.79 Å². The van der Waals surface area contributed by atoms with E-state index in [1.54, 1.807) is 0 Å². The molecule has 0 rings (SSSR count). The Morgan fingerprint density at radius 2 is 1.54 bits per heavy atom. The van der Waals surface area contributed by atoms with E-state index in [9.17, 15) is 4.79 Å². The van der Waals surface area contributed by atoms with Crippen molar-refractivity contribution in [3.63, 3.8) is 0 Å². The van der Waals surface area contributed by atoms with E-state index in [4.69, 9.17) is 25.5 Å². The average molecular weight is 220 g/mol. The van der Waals surface area contributed by atoms with Crippen molar-refractivity contribution in [2.45, 2.75) is 24.4 Å². The van der Waals surface area contributed by atoms with Crippen molar-refractivity contribution in [1.29, 1.82) is 0 Å². The molecule has 0 aromatic rings. The normalized spacial score (nSPS) is 19.5. The Balaban J connectivity index is 0. The van der Waals surface area contributed by atoms with E-state index < -0.39 is 31.0 Å². The molecule has 0 amide bonds. The predicted octanol–water partition coefficient (Wildman–Crippen LogP) is -4.03. The molecule has 5 N–H and O–H groups in total. The van der Waals surface area contributed by atoms with Crippen LogP contribution < -0.4 is 0 Å². The van der Waals surface area contributed by atoms with Gasteiger partial charge in [0.25, 0.3) is 0 Å². The quantitative estimate of drug-likeness (QED) is 0.238. The molecule has 0 aromatic carbocycles. The van der Waals surface area contributed by atoms with Gasteiger partial charge >= 0.3 is 51.4 Å². The summed E-state index contributed by atoms with van der Waals surface area (Å²) in [5, 5.41) is 43.5. The number of aliphatic hydroxyl groups excluding tert-OH is 5. The Kier molecular flexibility index (Phi) is 10.7. The SMILES string of the molecule is O=C[C@H](O)[C@@H](O)[C@H](O)[C@H](O)CO.[KH]. The summed E-state index contributed by atoms with van der Waals surface area (Å²) in [6, 6.07) is 0. The number of carbonyl (C=O) groups excluding carboxylic acids is 1. The minimum absolute atomic E-state index is 0. The maximum atomic E-state index is 9.90. The Bertz CT molecular complexity index is 143. The van der Waals surface area contributed by atoms with Gasteiger partial charge in [0.2, 0.25) is 0 Å². The summed E-state index contributed by atoms with van der Waals surface area (Å²) in [5.41, 5.74) is 0. The third kappa shape index (κ3) is 5.52. The minimum atomic E-state index is -1.79. The zero-order valence-electron chi connectivity index (χ0n) is 6.24. The molecule has 0 bridgehead atoms. The predicted molar refractivity (Wildman–Crippen MR) is 44.3 cm³/mol. The summed E-state index contributed by atoms with van der Waals surface area (Å²) in [6.07, 6.45) is -6.84. The first-order chi connectivity index (χ1) is 5.54. The Morgan fingerprint density at radius 3 is 1.85 bits per heavy atom. The van der Waals surface area contributed by atoms with Crippen LogP contribution in [0.15, 0.2) is 0 Å². The van der Waals surface area contributed by atoms with Gasteiger partial charge in [-0.3, -0.25) is 0 Å².